The van der Waals surface area contributed by atoms with Gasteiger partial charge in [0.2, 0.25) is 10.7 Å². The van der Waals surface area contributed by atoms with Gasteiger partial charge in [-0.05, 0) is 37.0 Å². The Bertz CT molecular complexity index is 969. The molecule has 0 aliphatic heterocycles. The van der Waals surface area contributed by atoms with Crippen LogP contribution in [0.3, 0.4) is 0 Å². The second kappa shape index (κ2) is 6.62. The van der Waals surface area contributed by atoms with Crippen molar-refractivity contribution in [1.82, 2.24) is 13.8 Å². The summed E-state index contributed by atoms with van der Waals surface area (Å²) in [6.07, 6.45) is 8.06. The lowest BCUT2D eigenvalue weighted by Crippen LogP contribution is -2.16. The number of nitrogens with zero attached hydrogens (tertiary/aromatic N) is 3. The molecule has 2 heterocycles. The summed E-state index contributed by atoms with van der Waals surface area (Å²) in [7, 11) is 0. The number of fused-ring (bicyclic) bond motifs is 1. The molecule has 2 aromatic rings. The van der Waals surface area contributed by atoms with Crippen LogP contribution >= 0.6 is 23.3 Å². The summed E-state index contributed by atoms with van der Waals surface area (Å²) in [6, 6.07) is 0. The van der Waals surface area contributed by atoms with E-state index in [0.29, 0.717) is 22.3 Å². The predicted molar refractivity (Wildman–Crippen MR) is 95.2 cm³/mol. The standard InChI is InChI=1S/C15H14N4O3S2/c1-3-22-11-7-8(4-5-10(11)20)6-9-12(16)19-14(17-13(9)21)24-18-15(19)23-2/h4-7H,3,16H2,1-2H3. The summed E-state index contributed by atoms with van der Waals surface area (Å²) >= 11 is 2.53. The number of nitrogens with two attached hydrogens (primary N) is 1. The van der Waals surface area contributed by atoms with Gasteiger partial charge in [0.05, 0.1) is 12.2 Å². The molecule has 0 fully saturated rings. The number of nitrogen functional groups attached to an aromatic ring is 1. The van der Waals surface area contributed by atoms with Crippen LogP contribution in [-0.4, -0.2) is 32.4 Å². The number of ether oxygens (including phenoxy) is 1. The zero-order valence-electron chi connectivity index (χ0n) is 13.0. The normalized spacial score (nSPS) is 16.0. The van der Waals surface area contributed by atoms with Crippen molar-refractivity contribution in [3.8, 4) is 0 Å². The predicted octanol–water partition coefficient (Wildman–Crippen LogP) is 1.90. The van der Waals surface area contributed by atoms with E-state index in [9.17, 15) is 9.59 Å². The number of aromatic nitrogens is 3. The maximum Gasteiger partial charge on any atom is 0.283 e. The monoisotopic (exact) mass is 362 g/mol. The molecule has 0 saturated heterocycles. The van der Waals surface area contributed by atoms with E-state index in [1.165, 1.54) is 17.8 Å². The second-order valence-electron chi connectivity index (χ2n) is 4.79. The molecule has 9 heteroatoms. The number of allylic oxidation sites excluding steroid dienone is 4. The van der Waals surface area contributed by atoms with Crippen LogP contribution in [0, 0.1) is 0 Å². The lowest BCUT2D eigenvalue weighted by Gasteiger charge is -2.10. The second-order valence-corrected chi connectivity index (χ2v) is 6.29. The fraction of sp³-hybridized carbons (Fsp3) is 0.200. The van der Waals surface area contributed by atoms with Gasteiger partial charge in [-0.2, -0.15) is 9.36 Å². The summed E-state index contributed by atoms with van der Waals surface area (Å²) in [5.74, 6) is 0.298. The minimum absolute atomic E-state index is 0.209. The van der Waals surface area contributed by atoms with E-state index < -0.39 is 5.56 Å². The molecule has 2 aromatic heterocycles. The van der Waals surface area contributed by atoms with Crippen molar-refractivity contribution in [3.05, 3.63) is 45.5 Å². The van der Waals surface area contributed by atoms with E-state index >= 15 is 0 Å². The molecule has 0 aromatic carbocycles. The van der Waals surface area contributed by atoms with Gasteiger partial charge < -0.3 is 10.5 Å². The molecule has 2 N–H and O–H groups in total. The molecule has 0 unspecified atom stereocenters. The molecular formula is C15H14N4O3S2. The van der Waals surface area contributed by atoms with Gasteiger partial charge in [0, 0.05) is 11.5 Å². The molecular weight excluding hydrogens is 348 g/mol. The number of rotatable bonds is 4. The van der Waals surface area contributed by atoms with Crippen molar-refractivity contribution in [1.29, 1.82) is 0 Å². The van der Waals surface area contributed by atoms with Crippen LogP contribution in [-0.2, 0) is 9.53 Å². The number of anilines is 1. The molecule has 0 amide bonds. The zero-order valence-corrected chi connectivity index (χ0v) is 14.6. The minimum Gasteiger partial charge on any atom is -0.490 e. The molecule has 0 saturated carbocycles. The molecule has 3 rings (SSSR count). The first-order valence-corrected chi connectivity index (χ1v) is 9.05. The third kappa shape index (κ3) is 2.87. The maximum atomic E-state index is 12.3. The highest BCUT2D eigenvalue weighted by Crippen LogP contribution is 2.24. The van der Waals surface area contributed by atoms with Crippen molar-refractivity contribution in [2.45, 2.75) is 12.1 Å². The highest BCUT2D eigenvalue weighted by atomic mass is 32.2. The molecule has 1 aliphatic carbocycles. The molecule has 0 radical (unpaired) electrons. The Hall–Kier alpha value is -2.39. The highest BCUT2D eigenvalue weighted by molar-refractivity contribution is 7.98. The summed E-state index contributed by atoms with van der Waals surface area (Å²) in [5.41, 5.74) is 6.62. The molecule has 1 aliphatic rings. The Morgan fingerprint density at radius 2 is 2.21 bits per heavy atom. The Labute approximate surface area is 145 Å². The lowest BCUT2D eigenvalue weighted by molar-refractivity contribution is -0.114. The van der Waals surface area contributed by atoms with E-state index in [1.807, 2.05) is 6.26 Å². The van der Waals surface area contributed by atoms with Gasteiger partial charge >= 0.3 is 0 Å². The first-order chi connectivity index (χ1) is 11.5. The van der Waals surface area contributed by atoms with E-state index in [4.69, 9.17) is 10.5 Å². The van der Waals surface area contributed by atoms with Crippen molar-refractivity contribution in [3.63, 3.8) is 0 Å². The van der Waals surface area contributed by atoms with E-state index in [1.54, 1.807) is 29.6 Å². The van der Waals surface area contributed by atoms with Gasteiger partial charge in [-0.15, -0.1) is 0 Å². The molecule has 7 nitrogen and oxygen atoms in total. The zero-order chi connectivity index (χ0) is 17.3. The van der Waals surface area contributed by atoms with Gasteiger partial charge in [-0.25, -0.2) is 4.40 Å². The molecule has 0 bridgehead atoms. The summed E-state index contributed by atoms with van der Waals surface area (Å²) in [4.78, 5) is 28.5. The van der Waals surface area contributed by atoms with Gasteiger partial charge in [-0.3, -0.25) is 9.59 Å². The molecule has 24 heavy (non-hydrogen) atoms. The average Bonchev–Trinajstić information content (AvgIpc) is 2.97. The van der Waals surface area contributed by atoms with Crippen LogP contribution in [0.25, 0.3) is 11.0 Å². The lowest BCUT2D eigenvalue weighted by atomic mass is 10.0. The number of thioether (sulfide) groups is 1. The number of hydrogen-bond acceptors (Lipinski definition) is 8. The van der Waals surface area contributed by atoms with Crippen LogP contribution in [0.5, 0.6) is 0 Å². The molecule has 0 atom stereocenters. The quantitative estimate of drug-likeness (QED) is 0.829. The number of carbonyl (C=O) groups excluding carboxylic acids is 1. The van der Waals surface area contributed by atoms with Gasteiger partial charge in [0.15, 0.2) is 10.9 Å². The Kier molecular flexibility index (Phi) is 4.54. The third-order valence-corrected chi connectivity index (χ3v) is 4.75. The van der Waals surface area contributed by atoms with Crippen LogP contribution in [0.4, 0.5) is 5.82 Å². The fourth-order valence-electron chi connectivity index (χ4n) is 2.21. The first kappa shape index (κ1) is 16.5. The van der Waals surface area contributed by atoms with E-state index in [2.05, 4.69) is 9.36 Å². The number of ketones is 1. The van der Waals surface area contributed by atoms with Gasteiger partial charge in [-0.1, -0.05) is 17.8 Å². The average molecular weight is 362 g/mol. The minimum atomic E-state index is -0.437. The van der Waals surface area contributed by atoms with Gasteiger partial charge in [0.1, 0.15) is 5.82 Å². The topological polar surface area (TPSA) is 99.6 Å². The highest BCUT2D eigenvalue weighted by Gasteiger charge is 2.16. The summed E-state index contributed by atoms with van der Waals surface area (Å²) in [6.45, 7) is 2.18. The van der Waals surface area contributed by atoms with Crippen LogP contribution in [0.15, 0.2) is 39.5 Å². The van der Waals surface area contributed by atoms with E-state index in [-0.39, 0.29) is 22.9 Å². The summed E-state index contributed by atoms with van der Waals surface area (Å²) in [5, 5.41) is 0.666. The Balaban J connectivity index is 2.14. The first-order valence-electron chi connectivity index (χ1n) is 7.05. The van der Waals surface area contributed by atoms with Crippen molar-refractivity contribution in [2.75, 3.05) is 18.6 Å². The molecule has 124 valence electrons. The number of hydrogen-bond donors (Lipinski definition) is 1. The Morgan fingerprint density at radius 3 is 2.92 bits per heavy atom. The van der Waals surface area contributed by atoms with Crippen LogP contribution in [0.1, 0.15) is 12.5 Å². The smallest absolute Gasteiger partial charge is 0.283 e. The Morgan fingerprint density at radius 1 is 1.42 bits per heavy atom. The maximum absolute atomic E-state index is 12.3. The van der Waals surface area contributed by atoms with E-state index in [0.717, 1.165) is 11.5 Å². The fourth-order valence-corrected chi connectivity index (χ4v) is 3.68. The third-order valence-electron chi connectivity index (χ3n) is 3.29. The van der Waals surface area contributed by atoms with Crippen LogP contribution < -0.4 is 11.3 Å². The summed E-state index contributed by atoms with van der Waals surface area (Å²) < 4.78 is 11.2. The molecule has 0 spiro atoms. The SMILES string of the molecule is CCOC1=CC(=Cc2c(N)n3c(SC)nsc3nc2=O)C=CC1=O. The van der Waals surface area contributed by atoms with Crippen molar-refractivity contribution >= 4 is 45.9 Å². The number of carbonyl (C=O) groups is 1. The van der Waals surface area contributed by atoms with Gasteiger partial charge in [0.25, 0.3) is 5.56 Å². The largest absolute Gasteiger partial charge is 0.490 e. The van der Waals surface area contributed by atoms with Crippen LogP contribution in [0.2, 0.25) is 0 Å². The van der Waals surface area contributed by atoms with Crippen molar-refractivity contribution < 1.29 is 9.53 Å². The van der Waals surface area contributed by atoms with Crippen molar-refractivity contribution in [2.24, 2.45) is 0 Å².